The van der Waals surface area contributed by atoms with Crippen molar-refractivity contribution in [3.63, 3.8) is 0 Å². The lowest BCUT2D eigenvalue weighted by molar-refractivity contribution is -0.384. The molecule has 2 aromatic heterocycles. The fraction of sp³-hybridized carbons (Fsp3) is 0.281. The zero-order valence-corrected chi connectivity index (χ0v) is 26.1. The molecule has 2 aromatic carbocycles. The summed E-state index contributed by atoms with van der Waals surface area (Å²) in [5, 5.41) is 11.2. The molecule has 228 valence electrons. The number of nitro groups is 1. The molecule has 0 unspecified atom stereocenters. The van der Waals surface area contributed by atoms with Gasteiger partial charge in [-0.15, -0.1) is 0 Å². The van der Waals surface area contributed by atoms with Crippen LogP contribution in [0.5, 0.6) is 11.5 Å². The predicted molar refractivity (Wildman–Crippen MR) is 167 cm³/mol. The first-order valence-corrected chi connectivity index (χ1v) is 14.8. The minimum absolute atomic E-state index is 0.0248. The molecule has 0 N–H and O–H groups in total. The third-order valence-corrected chi connectivity index (χ3v) is 8.39. The van der Waals surface area contributed by atoms with Crippen molar-refractivity contribution in [3.05, 3.63) is 112 Å². The molecule has 11 nitrogen and oxygen atoms in total. The predicted octanol–water partition coefficient (Wildman–Crippen LogP) is 4.44. The van der Waals surface area contributed by atoms with E-state index >= 15 is 0 Å². The van der Waals surface area contributed by atoms with Crippen LogP contribution in [0, 0.1) is 30.9 Å². The molecule has 0 radical (unpaired) electrons. The summed E-state index contributed by atoms with van der Waals surface area (Å²) in [5.74, 6) is 0.471. The molecule has 0 saturated heterocycles. The number of nitrogens with zero attached hydrogens (tertiary/aromatic N) is 4. The average Bonchev–Trinajstić information content (AvgIpc) is 3.47. The Morgan fingerprint density at radius 2 is 1.80 bits per heavy atom. The molecule has 5 rings (SSSR count). The highest BCUT2D eigenvalue weighted by Gasteiger charge is 2.31. The molecule has 0 bridgehead atoms. The average molecular weight is 617 g/mol. The van der Waals surface area contributed by atoms with Crippen LogP contribution in [-0.2, 0) is 9.53 Å². The summed E-state index contributed by atoms with van der Waals surface area (Å²) in [4.78, 5) is 42.7. The van der Waals surface area contributed by atoms with Gasteiger partial charge in [-0.2, -0.15) is 0 Å². The first kappa shape index (κ1) is 30.5. The van der Waals surface area contributed by atoms with Gasteiger partial charge in [0.15, 0.2) is 16.3 Å². The van der Waals surface area contributed by atoms with Crippen LogP contribution in [0.25, 0.3) is 11.8 Å². The van der Waals surface area contributed by atoms with Crippen LogP contribution in [0.15, 0.2) is 64.0 Å². The lowest BCUT2D eigenvalue weighted by Crippen LogP contribution is -2.39. The van der Waals surface area contributed by atoms with Gasteiger partial charge in [0.2, 0.25) is 0 Å². The topological polar surface area (TPSA) is 127 Å². The van der Waals surface area contributed by atoms with E-state index in [0.29, 0.717) is 39.6 Å². The van der Waals surface area contributed by atoms with Crippen LogP contribution < -0.4 is 24.4 Å². The van der Waals surface area contributed by atoms with Gasteiger partial charge in [0.1, 0.15) is 0 Å². The lowest BCUT2D eigenvalue weighted by Gasteiger charge is -2.23. The lowest BCUT2D eigenvalue weighted by atomic mass is 9.97. The van der Waals surface area contributed by atoms with E-state index in [1.807, 2.05) is 51.3 Å². The Labute approximate surface area is 257 Å². The molecule has 0 aliphatic carbocycles. The molecule has 12 heteroatoms. The van der Waals surface area contributed by atoms with Crippen LogP contribution >= 0.6 is 11.3 Å². The molecule has 0 fully saturated rings. The third-order valence-electron chi connectivity index (χ3n) is 7.40. The Balaban J connectivity index is 1.65. The van der Waals surface area contributed by atoms with E-state index in [0.717, 1.165) is 28.2 Å². The molecule has 0 amide bonds. The molecule has 4 aromatic rings. The van der Waals surface area contributed by atoms with E-state index in [1.54, 1.807) is 30.3 Å². The molecule has 3 heterocycles. The first-order valence-electron chi connectivity index (χ1n) is 14.0. The van der Waals surface area contributed by atoms with Gasteiger partial charge in [-0.1, -0.05) is 17.4 Å². The molecule has 0 saturated carbocycles. The number of thiazole rings is 1. The smallest absolute Gasteiger partial charge is 0.337 e. The van der Waals surface area contributed by atoms with Crippen LogP contribution in [0.3, 0.4) is 0 Å². The van der Waals surface area contributed by atoms with E-state index in [-0.39, 0.29) is 16.8 Å². The second kappa shape index (κ2) is 12.3. The van der Waals surface area contributed by atoms with Gasteiger partial charge in [-0.25, -0.2) is 9.79 Å². The standard InChI is InChI=1S/C32H32N4O7S/c1-7-42-26-12-9-21(15-27(26)43-8-2)29-24(31(38)41-6)17-33-32-35(29)30(37)28(44-32)16-22-14-19(4)34(20(22)5)25-11-10-23(36(39)40)13-18(25)3/h9-17,29H,7-8H2,1-6H3/b28-16-/t29-/m0/s1. The normalized spacial score (nSPS) is 14.5. The van der Waals surface area contributed by atoms with Gasteiger partial charge in [0, 0.05) is 35.4 Å². The second-order valence-electron chi connectivity index (χ2n) is 10.1. The van der Waals surface area contributed by atoms with Gasteiger partial charge in [-0.3, -0.25) is 19.5 Å². The number of esters is 1. The van der Waals surface area contributed by atoms with E-state index in [1.165, 1.54) is 35.3 Å². The van der Waals surface area contributed by atoms with E-state index in [2.05, 4.69) is 4.99 Å². The molecular formula is C32H32N4O7S. The Kier molecular flexibility index (Phi) is 8.54. The van der Waals surface area contributed by atoms with Crippen molar-refractivity contribution in [2.75, 3.05) is 20.3 Å². The number of rotatable bonds is 9. The quantitative estimate of drug-likeness (QED) is 0.155. The summed E-state index contributed by atoms with van der Waals surface area (Å²) < 4.78 is 20.6. The van der Waals surface area contributed by atoms with Crippen molar-refractivity contribution in [2.45, 2.75) is 40.7 Å². The maximum atomic E-state index is 14.0. The molecular weight excluding hydrogens is 584 g/mol. The third kappa shape index (κ3) is 5.44. The Hall–Kier alpha value is -4.97. The van der Waals surface area contributed by atoms with Crippen LogP contribution in [0.2, 0.25) is 0 Å². The van der Waals surface area contributed by atoms with Crippen LogP contribution in [0.1, 0.15) is 48.0 Å². The minimum Gasteiger partial charge on any atom is -0.490 e. The monoisotopic (exact) mass is 616 g/mol. The van der Waals surface area contributed by atoms with Gasteiger partial charge in [0.05, 0.1) is 41.4 Å². The van der Waals surface area contributed by atoms with Gasteiger partial charge in [0.25, 0.3) is 11.2 Å². The molecule has 1 atom stereocenters. The van der Waals surface area contributed by atoms with Crippen LogP contribution in [0.4, 0.5) is 5.69 Å². The van der Waals surface area contributed by atoms with Gasteiger partial charge in [-0.05, 0) is 81.7 Å². The molecule has 1 aliphatic rings. The van der Waals surface area contributed by atoms with E-state index in [9.17, 15) is 19.7 Å². The number of hydrogen-bond acceptors (Lipinski definition) is 9. The summed E-state index contributed by atoms with van der Waals surface area (Å²) in [6.07, 6.45) is 3.26. The number of nitro benzene ring substituents is 1. The Morgan fingerprint density at radius 3 is 2.45 bits per heavy atom. The minimum atomic E-state index is -0.800. The fourth-order valence-electron chi connectivity index (χ4n) is 5.44. The van der Waals surface area contributed by atoms with E-state index in [4.69, 9.17) is 14.2 Å². The van der Waals surface area contributed by atoms with E-state index < -0.39 is 16.9 Å². The SMILES string of the molecule is CCOc1ccc([C@H]2C(C(=O)OC)=CN=c3s/c(=C\c4cc(C)n(-c5ccc([N+](=O)[O-])cc5C)c4C)c(=O)n32)cc1OCC. The molecule has 1 aliphatic heterocycles. The van der Waals surface area contributed by atoms with Gasteiger partial charge >= 0.3 is 5.97 Å². The number of hydrogen-bond donors (Lipinski definition) is 0. The van der Waals surface area contributed by atoms with Crippen molar-refractivity contribution in [1.82, 2.24) is 9.13 Å². The summed E-state index contributed by atoms with van der Waals surface area (Å²) in [5.41, 5.74) is 4.72. The number of aromatic nitrogens is 2. The Bertz CT molecular complexity index is 2000. The van der Waals surface area contributed by atoms with Crippen LogP contribution in [-0.4, -0.2) is 40.4 Å². The number of methoxy groups -OCH3 is 1. The number of aryl methyl sites for hydroxylation is 2. The van der Waals surface area contributed by atoms with Crippen molar-refractivity contribution >= 4 is 29.1 Å². The number of non-ortho nitro benzene ring substituents is 1. The summed E-state index contributed by atoms with van der Waals surface area (Å²) in [7, 11) is 1.29. The number of ether oxygens (including phenoxy) is 3. The highest BCUT2D eigenvalue weighted by Crippen LogP contribution is 2.35. The zero-order chi connectivity index (χ0) is 31.7. The number of carbonyl (C=O) groups excluding carboxylic acids is 1. The van der Waals surface area contributed by atoms with Gasteiger partial charge < -0.3 is 18.8 Å². The van der Waals surface area contributed by atoms with Crippen molar-refractivity contribution in [1.29, 1.82) is 0 Å². The Morgan fingerprint density at radius 1 is 1.07 bits per heavy atom. The summed E-state index contributed by atoms with van der Waals surface area (Å²) in [6.45, 7) is 10.3. The van der Waals surface area contributed by atoms with Crippen molar-refractivity contribution in [2.24, 2.45) is 4.99 Å². The first-order chi connectivity index (χ1) is 21.1. The summed E-state index contributed by atoms with van der Waals surface area (Å²) >= 11 is 1.22. The maximum absolute atomic E-state index is 14.0. The fourth-order valence-corrected chi connectivity index (χ4v) is 6.40. The van der Waals surface area contributed by atoms with Crippen molar-refractivity contribution < 1.29 is 23.9 Å². The number of carbonyl (C=O) groups is 1. The summed E-state index contributed by atoms with van der Waals surface area (Å²) in [6, 6.07) is 11.3. The maximum Gasteiger partial charge on any atom is 0.337 e. The number of benzene rings is 2. The highest BCUT2D eigenvalue weighted by atomic mass is 32.1. The molecule has 0 spiro atoms. The zero-order valence-electron chi connectivity index (χ0n) is 25.2. The number of fused-ring (bicyclic) bond motifs is 1. The van der Waals surface area contributed by atoms with Crippen molar-refractivity contribution in [3.8, 4) is 17.2 Å². The largest absolute Gasteiger partial charge is 0.490 e. The second-order valence-corrected chi connectivity index (χ2v) is 11.1. The molecule has 44 heavy (non-hydrogen) atoms. The highest BCUT2D eigenvalue weighted by molar-refractivity contribution is 7.07.